The molecule has 124 valence electrons. The number of anilines is 1. The highest BCUT2D eigenvalue weighted by molar-refractivity contribution is 5.66. The standard InChI is InChI=1S/C16H26N2O4/c1-3-18(9-10-19)14-6-5-13(11-15(14)22-4-2)12-17-8-7-16(20)21/h5-6,11,17,19H,3-4,7-10,12H2,1-2H3,(H,20,21). The lowest BCUT2D eigenvalue weighted by atomic mass is 10.1. The molecule has 0 unspecified atom stereocenters. The highest BCUT2D eigenvalue weighted by Crippen LogP contribution is 2.29. The van der Waals surface area contributed by atoms with Gasteiger partial charge in [-0.2, -0.15) is 0 Å². The minimum absolute atomic E-state index is 0.0951. The second kappa shape index (κ2) is 10.0. The number of nitrogens with one attached hydrogen (secondary N) is 1. The van der Waals surface area contributed by atoms with E-state index in [2.05, 4.69) is 10.2 Å². The van der Waals surface area contributed by atoms with Crippen molar-refractivity contribution < 1.29 is 19.7 Å². The molecule has 0 saturated carbocycles. The van der Waals surface area contributed by atoms with Gasteiger partial charge in [-0.15, -0.1) is 0 Å². The monoisotopic (exact) mass is 310 g/mol. The van der Waals surface area contributed by atoms with Crippen molar-refractivity contribution in [1.82, 2.24) is 5.32 Å². The average molecular weight is 310 g/mol. The van der Waals surface area contributed by atoms with Crippen LogP contribution in [0.2, 0.25) is 0 Å². The van der Waals surface area contributed by atoms with Gasteiger partial charge in [0.2, 0.25) is 0 Å². The predicted molar refractivity (Wildman–Crippen MR) is 86.5 cm³/mol. The molecule has 0 heterocycles. The van der Waals surface area contributed by atoms with Gasteiger partial charge >= 0.3 is 5.97 Å². The maximum atomic E-state index is 10.5. The van der Waals surface area contributed by atoms with Crippen LogP contribution in [0.5, 0.6) is 5.75 Å². The van der Waals surface area contributed by atoms with Gasteiger partial charge in [0, 0.05) is 26.2 Å². The molecule has 1 aromatic rings. The fourth-order valence-corrected chi connectivity index (χ4v) is 2.20. The molecule has 1 aromatic carbocycles. The normalized spacial score (nSPS) is 10.5. The number of carboxylic acids is 1. The van der Waals surface area contributed by atoms with Crippen LogP contribution in [0, 0.1) is 0 Å². The van der Waals surface area contributed by atoms with Crippen LogP contribution in [0.4, 0.5) is 5.69 Å². The summed E-state index contributed by atoms with van der Waals surface area (Å²) >= 11 is 0. The van der Waals surface area contributed by atoms with E-state index in [0.717, 1.165) is 23.5 Å². The SMILES string of the molecule is CCOc1cc(CNCCC(=O)O)ccc1N(CC)CCO. The fourth-order valence-electron chi connectivity index (χ4n) is 2.20. The fraction of sp³-hybridized carbons (Fsp3) is 0.562. The Balaban J connectivity index is 2.77. The summed E-state index contributed by atoms with van der Waals surface area (Å²) in [5, 5.41) is 20.9. The zero-order valence-electron chi connectivity index (χ0n) is 13.3. The van der Waals surface area contributed by atoms with Crippen LogP contribution >= 0.6 is 0 Å². The number of aliphatic carboxylic acids is 1. The Kier molecular flexibility index (Phi) is 8.32. The first-order chi connectivity index (χ1) is 10.6. The first-order valence-electron chi connectivity index (χ1n) is 7.66. The molecule has 0 fully saturated rings. The number of likely N-dealkylation sites (N-methyl/N-ethyl adjacent to an activating group) is 1. The van der Waals surface area contributed by atoms with Gasteiger partial charge in [0.25, 0.3) is 0 Å². The predicted octanol–water partition coefficient (Wildman–Crippen LogP) is 1.47. The van der Waals surface area contributed by atoms with Crippen LogP contribution in [-0.4, -0.2) is 49.0 Å². The first kappa shape index (κ1) is 18.3. The topological polar surface area (TPSA) is 82.0 Å². The second-order valence-electron chi connectivity index (χ2n) is 4.86. The van der Waals surface area contributed by atoms with Crippen molar-refractivity contribution in [3.05, 3.63) is 23.8 Å². The number of nitrogens with zero attached hydrogens (tertiary/aromatic N) is 1. The third-order valence-electron chi connectivity index (χ3n) is 3.26. The van der Waals surface area contributed by atoms with E-state index in [4.69, 9.17) is 14.9 Å². The number of ether oxygens (including phenoxy) is 1. The van der Waals surface area contributed by atoms with Crippen molar-refractivity contribution in [2.24, 2.45) is 0 Å². The Labute approximate surface area is 131 Å². The molecular formula is C16H26N2O4. The highest BCUT2D eigenvalue weighted by atomic mass is 16.5. The third kappa shape index (κ3) is 5.91. The summed E-state index contributed by atoms with van der Waals surface area (Å²) in [5.74, 6) is -0.0178. The summed E-state index contributed by atoms with van der Waals surface area (Å²) in [5.41, 5.74) is 2.00. The van der Waals surface area contributed by atoms with Crippen LogP contribution in [0.1, 0.15) is 25.8 Å². The van der Waals surface area contributed by atoms with Gasteiger partial charge in [-0.05, 0) is 31.5 Å². The number of aliphatic hydroxyl groups is 1. The Morgan fingerprint density at radius 3 is 2.73 bits per heavy atom. The molecule has 22 heavy (non-hydrogen) atoms. The molecule has 0 aliphatic rings. The van der Waals surface area contributed by atoms with E-state index in [9.17, 15) is 4.79 Å². The van der Waals surface area contributed by atoms with E-state index < -0.39 is 5.97 Å². The maximum Gasteiger partial charge on any atom is 0.304 e. The van der Waals surface area contributed by atoms with Crippen molar-refractivity contribution in [1.29, 1.82) is 0 Å². The molecule has 0 saturated heterocycles. The number of benzene rings is 1. The third-order valence-corrected chi connectivity index (χ3v) is 3.26. The second-order valence-corrected chi connectivity index (χ2v) is 4.86. The van der Waals surface area contributed by atoms with Crippen molar-refractivity contribution >= 4 is 11.7 Å². The first-order valence-corrected chi connectivity index (χ1v) is 7.66. The van der Waals surface area contributed by atoms with E-state index in [1.807, 2.05) is 32.0 Å². The zero-order valence-corrected chi connectivity index (χ0v) is 13.3. The van der Waals surface area contributed by atoms with Gasteiger partial charge in [0.1, 0.15) is 5.75 Å². The zero-order chi connectivity index (χ0) is 16.4. The van der Waals surface area contributed by atoms with Gasteiger partial charge < -0.3 is 25.2 Å². The molecule has 0 aliphatic carbocycles. The van der Waals surface area contributed by atoms with E-state index >= 15 is 0 Å². The summed E-state index contributed by atoms with van der Waals surface area (Å²) in [7, 11) is 0. The van der Waals surface area contributed by atoms with Crippen molar-refractivity contribution in [3.63, 3.8) is 0 Å². The smallest absolute Gasteiger partial charge is 0.304 e. The summed E-state index contributed by atoms with van der Waals surface area (Å²) in [6, 6.07) is 5.94. The molecule has 0 bridgehead atoms. The average Bonchev–Trinajstić information content (AvgIpc) is 2.50. The van der Waals surface area contributed by atoms with Crippen LogP contribution in [-0.2, 0) is 11.3 Å². The largest absolute Gasteiger partial charge is 0.492 e. The maximum absolute atomic E-state index is 10.5. The number of carboxylic acid groups (broad SMARTS) is 1. The lowest BCUT2D eigenvalue weighted by molar-refractivity contribution is -0.136. The Hall–Kier alpha value is -1.79. The number of hydrogen-bond acceptors (Lipinski definition) is 5. The van der Waals surface area contributed by atoms with Crippen LogP contribution < -0.4 is 15.0 Å². The summed E-state index contributed by atoms with van der Waals surface area (Å²) in [4.78, 5) is 12.5. The Morgan fingerprint density at radius 1 is 1.36 bits per heavy atom. The lowest BCUT2D eigenvalue weighted by Gasteiger charge is -2.25. The molecule has 0 radical (unpaired) electrons. The summed E-state index contributed by atoms with van der Waals surface area (Å²) in [6.45, 7) is 7.02. The Bertz CT molecular complexity index is 465. The van der Waals surface area contributed by atoms with E-state index in [1.54, 1.807) is 0 Å². The van der Waals surface area contributed by atoms with Crippen LogP contribution in [0.25, 0.3) is 0 Å². The number of aliphatic hydroxyl groups excluding tert-OH is 1. The molecule has 0 atom stereocenters. The number of rotatable bonds is 11. The van der Waals surface area contributed by atoms with Crippen molar-refractivity contribution in [3.8, 4) is 5.75 Å². The molecule has 0 amide bonds. The van der Waals surface area contributed by atoms with Crippen molar-refractivity contribution in [2.75, 3.05) is 37.7 Å². The quantitative estimate of drug-likeness (QED) is 0.537. The van der Waals surface area contributed by atoms with Crippen LogP contribution in [0.15, 0.2) is 18.2 Å². The van der Waals surface area contributed by atoms with Crippen LogP contribution in [0.3, 0.4) is 0 Å². The van der Waals surface area contributed by atoms with Crippen molar-refractivity contribution in [2.45, 2.75) is 26.8 Å². The molecule has 0 spiro atoms. The molecule has 6 heteroatoms. The minimum atomic E-state index is -0.805. The van der Waals surface area contributed by atoms with Gasteiger partial charge in [-0.3, -0.25) is 4.79 Å². The molecular weight excluding hydrogens is 284 g/mol. The molecule has 0 aromatic heterocycles. The summed E-state index contributed by atoms with van der Waals surface area (Å²) in [6.07, 6.45) is 0.108. The summed E-state index contributed by atoms with van der Waals surface area (Å²) < 4.78 is 5.71. The highest BCUT2D eigenvalue weighted by Gasteiger charge is 2.11. The van der Waals surface area contributed by atoms with E-state index in [0.29, 0.717) is 26.2 Å². The van der Waals surface area contributed by atoms with Gasteiger partial charge in [-0.1, -0.05) is 6.07 Å². The minimum Gasteiger partial charge on any atom is -0.492 e. The molecule has 3 N–H and O–H groups in total. The van der Waals surface area contributed by atoms with E-state index in [-0.39, 0.29) is 13.0 Å². The number of hydrogen-bond donors (Lipinski definition) is 3. The van der Waals surface area contributed by atoms with Gasteiger partial charge in [0.05, 0.1) is 25.3 Å². The molecule has 0 aliphatic heterocycles. The lowest BCUT2D eigenvalue weighted by Crippen LogP contribution is -2.26. The Morgan fingerprint density at radius 2 is 2.14 bits per heavy atom. The molecule has 1 rings (SSSR count). The van der Waals surface area contributed by atoms with Gasteiger partial charge in [-0.25, -0.2) is 0 Å². The number of carbonyl (C=O) groups is 1. The molecule has 6 nitrogen and oxygen atoms in total. The van der Waals surface area contributed by atoms with E-state index in [1.165, 1.54) is 0 Å². The van der Waals surface area contributed by atoms with Gasteiger partial charge in [0.15, 0.2) is 0 Å².